The van der Waals surface area contributed by atoms with Gasteiger partial charge in [0.05, 0.1) is 23.4 Å². The van der Waals surface area contributed by atoms with Gasteiger partial charge in [-0.15, -0.1) is 0 Å². The minimum Gasteiger partial charge on any atom is -0.439 e. The first-order chi connectivity index (χ1) is 12.1. The number of hydrogen-bond acceptors (Lipinski definition) is 4. The van der Waals surface area contributed by atoms with Crippen LogP contribution in [0.25, 0.3) is 22.2 Å². The smallest absolute Gasteiger partial charge is 0.261 e. The van der Waals surface area contributed by atoms with Gasteiger partial charge in [0.2, 0.25) is 5.89 Å². The summed E-state index contributed by atoms with van der Waals surface area (Å²) in [5.41, 5.74) is 1.22. The summed E-state index contributed by atoms with van der Waals surface area (Å²) in [5.74, 6) is 0.989. The molecular formula is C18H11Cl2N3O2. The van der Waals surface area contributed by atoms with Gasteiger partial charge in [-0.3, -0.25) is 9.36 Å². The zero-order chi connectivity index (χ0) is 17.4. The molecule has 5 nitrogen and oxygen atoms in total. The molecular weight excluding hydrogens is 361 g/mol. The maximum absolute atomic E-state index is 12.6. The topological polar surface area (TPSA) is 60.9 Å². The molecule has 0 spiro atoms. The zero-order valence-corrected chi connectivity index (χ0v) is 14.3. The van der Waals surface area contributed by atoms with Crippen LogP contribution < -0.4 is 5.56 Å². The van der Waals surface area contributed by atoms with Crippen LogP contribution in [-0.2, 0) is 6.54 Å². The van der Waals surface area contributed by atoms with Crippen molar-refractivity contribution in [3.05, 3.63) is 81.3 Å². The number of hydrogen-bond donors (Lipinski definition) is 0. The van der Waals surface area contributed by atoms with E-state index >= 15 is 0 Å². The van der Waals surface area contributed by atoms with E-state index in [0.29, 0.717) is 32.6 Å². The average molecular weight is 372 g/mol. The Hall–Kier alpha value is -2.63. The molecule has 0 aliphatic rings. The van der Waals surface area contributed by atoms with Gasteiger partial charge in [-0.2, -0.15) is 0 Å². The van der Waals surface area contributed by atoms with E-state index in [9.17, 15) is 4.79 Å². The first-order valence-electron chi connectivity index (χ1n) is 7.45. The second kappa shape index (κ2) is 6.35. The van der Waals surface area contributed by atoms with Crippen LogP contribution in [0.2, 0.25) is 10.0 Å². The minimum absolute atomic E-state index is 0.175. The summed E-state index contributed by atoms with van der Waals surface area (Å²) in [6.45, 7) is 0.175. The summed E-state index contributed by atoms with van der Waals surface area (Å²) >= 11 is 12.0. The van der Waals surface area contributed by atoms with E-state index < -0.39 is 0 Å². The van der Waals surface area contributed by atoms with Crippen LogP contribution in [0.4, 0.5) is 0 Å². The molecule has 0 atom stereocenters. The Morgan fingerprint density at radius 1 is 1.04 bits per heavy atom. The highest BCUT2D eigenvalue weighted by atomic mass is 35.5. The fourth-order valence-electron chi connectivity index (χ4n) is 2.55. The maximum Gasteiger partial charge on any atom is 0.261 e. The number of nitrogens with zero attached hydrogens (tertiary/aromatic N) is 3. The van der Waals surface area contributed by atoms with Crippen LogP contribution in [0.1, 0.15) is 5.89 Å². The maximum atomic E-state index is 12.6. The summed E-state index contributed by atoms with van der Waals surface area (Å²) in [7, 11) is 0. The Morgan fingerprint density at radius 3 is 2.72 bits per heavy atom. The van der Waals surface area contributed by atoms with Crippen molar-refractivity contribution in [2.24, 2.45) is 0 Å². The van der Waals surface area contributed by atoms with Crippen molar-refractivity contribution in [3.63, 3.8) is 0 Å². The molecule has 0 fully saturated rings. The Morgan fingerprint density at radius 2 is 1.88 bits per heavy atom. The molecule has 0 amide bonds. The fourth-order valence-corrected chi connectivity index (χ4v) is 2.91. The van der Waals surface area contributed by atoms with Crippen LogP contribution in [0.3, 0.4) is 0 Å². The third-order valence-electron chi connectivity index (χ3n) is 3.75. The van der Waals surface area contributed by atoms with E-state index in [1.54, 1.807) is 36.5 Å². The molecule has 0 radical (unpaired) electrons. The van der Waals surface area contributed by atoms with Crippen molar-refractivity contribution in [1.29, 1.82) is 0 Å². The average Bonchev–Trinajstić information content (AvgIpc) is 3.07. The number of oxazole rings is 1. The van der Waals surface area contributed by atoms with Crippen LogP contribution in [0.15, 0.2) is 64.2 Å². The monoisotopic (exact) mass is 371 g/mol. The van der Waals surface area contributed by atoms with Crippen LogP contribution in [0, 0.1) is 0 Å². The minimum atomic E-state index is -0.199. The van der Waals surface area contributed by atoms with E-state index in [1.807, 2.05) is 12.1 Å². The van der Waals surface area contributed by atoms with Crippen LogP contribution >= 0.6 is 23.2 Å². The number of benzene rings is 2. The zero-order valence-electron chi connectivity index (χ0n) is 12.8. The molecule has 0 aliphatic heterocycles. The Labute approximate surface area is 152 Å². The summed E-state index contributed by atoms with van der Waals surface area (Å²) < 4.78 is 7.17. The molecule has 0 N–H and O–H groups in total. The lowest BCUT2D eigenvalue weighted by Crippen LogP contribution is -2.21. The molecule has 0 saturated carbocycles. The van der Waals surface area contributed by atoms with Crippen molar-refractivity contribution < 1.29 is 4.42 Å². The Kier molecular flexibility index (Phi) is 4.03. The first kappa shape index (κ1) is 15.9. The van der Waals surface area contributed by atoms with Crippen molar-refractivity contribution in [2.45, 2.75) is 6.54 Å². The van der Waals surface area contributed by atoms with Crippen molar-refractivity contribution in [2.75, 3.05) is 0 Å². The van der Waals surface area contributed by atoms with Gasteiger partial charge in [-0.05, 0) is 30.3 Å². The first-order valence-corrected chi connectivity index (χ1v) is 8.21. The predicted molar refractivity (Wildman–Crippen MR) is 97.1 cm³/mol. The molecule has 7 heteroatoms. The molecule has 0 saturated heterocycles. The van der Waals surface area contributed by atoms with E-state index in [-0.39, 0.29) is 12.1 Å². The number of rotatable bonds is 3. The lowest BCUT2D eigenvalue weighted by molar-refractivity contribution is 0.484. The van der Waals surface area contributed by atoms with Gasteiger partial charge in [0, 0.05) is 15.6 Å². The van der Waals surface area contributed by atoms with E-state index in [4.69, 9.17) is 27.6 Å². The van der Waals surface area contributed by atoms with E-state index in [2.05, 4.69) is 9.97 Å². The molecule has 2 aromatic heterocycles. The lowest BCUT2D eigenvalue weighted by atomic mass is 10.2. The molecule has 4 aromatic rings. The Bertz CT molecular complexity index is 1130. The highest BCUT2D eigenvalue weighted by Gasteiger charge is 2.10. The molecule has 25 heavy (non-hydrogen) atoms. The largest absolute Gasteiger partial charge is 0.439 e. The Balaban J connectivity index is 1.68. The molecule has 2 aromatic carbocycles. The van der Waals surface area contributed by atoms with Crippen LogP contribution in [0.5, 0.6) is 0 Å². The summed E-state index contributed by atoms with van der Waals surface area (Å²) in [6.07, 6.45) is 3.08. The van der Waals surface area contributed by atoms with Crippen molar-refractivity contribution in [1.82, 2.24) is 14.5 Å². The molecule has 4 rings (SSSR count). The molecule has 0 unspecified atom stereocenters. The van der Waals surface area contributed by atoms with Gasteiger partial charge in [0.15, 0.2) is 5.76 Å². The number of halogens is 2. The predicted octanol–water partition coefficient (Wildman–Crippen LogP) is 4.41. The number of fused-ring (bicyclic) bond motifs is 1. The van der Waals surface area contributed by atoms with E-state index in [1.165, 1.54) is 10.9 Å². The van der Waals surface area contributed by atoms with Crippen molar-refractivity contribution in [3.8, 4) is 11.3 Å². The second-order valence-electron chi connectivity index (χ2n) is 5.47. The summed E-state index contributed by atoms with van der Waals surface area (Å²) in [5, 5.41) is 1.56. The lowest BCUT2D eigenvalue weighted by Gasteiger charge is -2.04. The van der Waals surface area contributed by atoms with Crippen molar-refractivity contribution >= 4 is 34.1 Å². The molecule has 0 bridgehead atoms. The number of aromatic nitrogens is 3. The normalized spacial score (nSPS) is 11.1. The second-order valence-corrected chi connectivity index (χ2v) is 6.34. The van der Waals surface area contributed by atoms with Crippen LogP contribution in [-0.4, -0.2) is 14.5 Å². The van der Waals surface area contributed by atoms with Gasteiger partial charge in [0.25, 0.3) is 5.56 Å². The third-order valence-corrected chi connectivity index (χ3v) is 4.22. The standard InChI is InChI=1S/C18H11Cl2N3O2/c19-12-3-1-2-11(6-12)16-8-21-17(25-16)9-23-10-22-15-5-4-13(20)7-14(15)18(23)24/h1-8,10H,9H2. The quantitative estimate of drug-likeness (QED) is 0.535. The van der Waals surface area contributed by atoms with Gasteiger partial charge >= 0.3 is 0 Å². The third kappa shape index (κ3) is 3.16. The summed E-state index contributed by atoms with van der Waals surface area (Å²) in [4.78, 5) is 21.1. The SMILES string of the molecule is O=c1c2cc(Cl)ccc2ncn1Cc1ncc(-c2cccc(Cl)c2)o1. The van der Waals surface area contributed by atoms with E-state index in [0.717, 1.165) is 5.56 Å². The van der Waals surface area contributed by atoms with Gasteiger partial charge in [0.1, 0.15) is 6.54 Å². The molecule has 2 heterocycles. The fraction of sp³-hybridized carbons (Fsp3) is 0.0556. The highest BCUT2D eigenvalue weighted by Crippen LogP contribution is 2.23. The van der Waals surface area contributed by atoms with Gasteiger partial charge in [-0.25, -0.2) is 9.97 Å². The summed E-state index contributed by atoms with van der Waals surface area (Å²) in [6, 6.07) is 12.3. The van der Waals surface area contributed by atoms with Gasteiger partial charge < -0.3 is 4.42 Å². The molecule has 0 aliphatic carbocycles. The highest BCUT2D eigenvalue weighted by molar-refractivity contribution is 6.31. The van der Waals surface area contributed by atoms with Gasteiger partial charge in [-0.1, -0.05) is 35.3 Å². The molecule has 124 valence electrons.